The number of hydrogen-bond acceptors (Lipinski definition) is 6. The number of nitrogens with two attached hydrogens (primary N) is 1. The Labute approximate surface area is 254 Å². The Hall–Kier alpha value is -4.29. The number of hydrogen-bond donors (Lipinski definition) is 8. The van der Waals surface area contributed by atoms with E-state index in [1.807, 2.05) is 62.4 Å². The van der Waals surface area contributed by atoms with Gasteiger partial charge in [0.15, 0.2) is 0 Å². The summed E-state index contributed by atoms with van der Waals surface area (Å²) in [5.41, 5.74) is 9.03. The van der Waals surface area contributed by atoms with Crippen molar-refractivity contribution in [2.75, 3.05) is 5.75 Å². The molecule has 4 atom stereocenters. The highest BCUT2D eigenvalue weighted by molar-refractivity contribution is 7.80. The van der Waals surface area contributed by atoms with Gasteiger partial charge in [0.2, 0.25) is 17.7 Å². The molecule has 2 aromatic heterocycles. The van der Waals surface area contributed by atoms with Gasteiger partial charge in [0.05, 0.1) is 6.04 Å². The van der Waals surface area contributed by atoms with Gasteiger partial charge in [-0.1, -0.05) is 50.2 Å². The van der Waals surface area contributed by atoms with Gasteiger partial charge in [-0.25, -0.2) is 4.79 Å². The second-order valence-corrected chi connectivity index (χ2v) is 11.4. The molecule has 8 N–H and O–H groups in total. The predicted octanol–water partition coefficient (Wildman–Crippen LogP) is 2.28. The second kappa shape index (κ2) is 14.3. The van der Waals surface area contributed by atoms with Crippen LogP contribution in [0.1, 0.15) is 31.4 Å². The minimum Gasteiger partial charge on any atom is -0.480 e. The van der Waals surface area contributed by atoms with E-state index in [2.05, 4.69) is 38.5 Å². The molecule has 11 nitrogen and oxygen atoms in total. The van der Waals surface area contributed by atoms with E-state index in [0.717, 1.165) is 32.9 Å². The van der Waals surface area contributed by atoms with Crippen LogP contribution in [-0.4, -0.2) is 68.7 Å². The van der Waals surface area contributed by atoms with Crippen LogP contribution < -0.4 is 21.7 Å². The molecule has 0 saturated heterocycles. The maximum atomic E-state index is 13.7. The number of benzene rings is 2. The lowest BCUT2D eigenvalue weighted by atomic mass is 10.00. The second-order valence-electron chi connectivity index (χ2n) is 11.1. The zero-order chi connectivity index (χ0) is 31.1. The number of fused-ring (bicyclic) bond motifs is 2. The van der Waals surface area contributed by atoms with Crippen molar-refractivity contribution in [3.63, 3.8) is 0 Å². The van der Waals surface area contributed by atoms with Crippen LogP contribution in [0.25, 0.3) is 21.8 Å². The van der Waals surface area contributed by atoms with E-state index in [4.69, 9.17) is 5.73 Å². The fourth-order valence-corrected chi connectivity index (χ4v) is 5.23. The number of para-hydroxylation sites is 2. The van der Waals surface area contributed by atoms with Crippen LogP contribution in [0.2, 0.25) is 0 Å². The molecule has 0 aliphatic rings. The summed E-state index contributed by atoms with van der Waals surface area (Å²) < 4.78 is 0. The molecule has 12 heteroatoms. The van der Waals surface area contributed by atoms with Crippen LogP contribution in [0, 0.1) is 5.92 Å². The Morgan fingerprint density at radius 2 is 1.23 bits per heavy atom. The van der Waals surface area contributed by atoms with E-state index in [0.29, 0.717) is 6.42 Å². The molecular formula is C31H38N6O5S. The molecule has 0 bridgehead atoms. The van der Waals surface area contributed by atoms with Crippen LogP contribution in [0.15, 0.2) is 60.9 Å². The van der Waals surface area contributed by atoms with E-state index in [1.54, 1.807) is 12.4 Å². The fraction of sp³-hybridized carbons (Fsp3) is 0.355. The van der Waals surface area contributed by atoms with Gasteiger partial charge in [0.1, 0.15) is 18.1 Å². The molecule has 4 unspecified atom stereocenters. The first kappa shape index (κ1) is 31.6. The van der Waals surface area contributed by atoms with Gasteiger partial charge in [0.25, 0.3) is 0 Å². The monoisotopic (exact) mass is 606 g/mol. The first-order valence-electron chi connectivity index (χ1n) is 14.2. The summed E-state index contributed by atoms with van der Waals surface area (Å²) >= 11 is 4.07. The first-order chi connectivity index (χ1) is 20.6. The van der Waals surface area contributed by atoms with Crippen LogP contribution in [0.4, 0.5) is 0 Å². The molecule has 0 aliphatic carbocycles. The highest BCUT2D eigenvalue weighted by Gasteiger charge is 2.31. The summed E-state index contributed by atoms with van der Waals surface area (Å²) in [6, 6.07) is 10.8. The van der Waals surface area contributed by atoms with Gasteiger partial charge in [-0.05, 0) is 35.6 Å². The summed E-state index contributed by atoms with van der Waals surface area (Å²) in [4.78, 5) is 58.4. The van der Waals surface area contributed by atoms with Crippen molar-refractivity contribution in [1.29, 1.82) is 0 Å². The molecule has 2 aromatic carbocycles. The number of H-pyrrole nitrogens is 2. The SMILES string of the molecule is CC(C)CC(NC(=O)C(N)CS)C(=O)NC(Cc1c[nH]c2ccccc12)C(=O)NC(Cc1c[nH]c2ccccc12)C(=O)O. The number of carboxylic acid groups (broad SMARTS) is 1. The molecule has 0 saturated carbocycles. The maximum absolute atomic E-state index is 13.7. The number of aliphatic carboxylic acids is 1. The number of carbonyl (C=O) groups excluding carboxylic acids is 3. The Kier molecular flexibility index (Phi) is 10.5. The molecule has 2 heterocycles. The fourth-order valence-electron chi connectivity index (χ4n) is 5.06. The summed E-state index contributed by atoms with van der Waals surface area (Å²) in [5, 5.41) is 19.9. The number of carbonyl (C=O) groups is 4. The van der Waals surface area contributed by atoms with Crippen molar-refractivity contribution in [3.8, 4) is 0 Å². The van der Waals surface area contributed by atoms with Crippen molar-refractivity contribution in [1.82, 2.24) is 25.9 Å². The highest BCUT2D eigenvalue weighted by Crippen LogP contribution is 2.21. The minimum absolute atomic E-state index is 0.0342. The van der Waals surface area contributed by atoms with Gasteiger partial charge < -0.3 is 36.8 Å². The number of amides is 3. The van der Waals surface area contributed by atoms with Crippen LogP contribution in [0.5, 0.6) is 0 Å². The van der Waals surface area contributed by atoms with Gasteiger partial charge in [0, 0.05) is 52.8 Å². The zero-order valence-corrected chi connectivity index (χ0v) is 25.0. The third-order valence-electron chi connectivity index (χ3n) is 7.32. The Morgan fingerprint density at radius 3 is 1.74 bits per heavy atom. The van der Waals surface area contributed by atoms with E-state index < -0.39 is 47.9 Å². The van der Waals surface area contributed by atoms with Gasteiger partial charge in [-0.2, -0.15) is 12.6 Å². The van der Waals surface area contributed by atoms with Crippen molar-refractivity contribution in [2.45, 2.75) is 57.3 Å². The lowest BCUT2D eigenvalue weighted by molar-refractivity contribution is -0.142. The van der Waals surface area contributed by atoms with E-state index in [1.165, 1.54) is 0 Å². The molecule has 0 aliphatic heterocycles. The summed E-state index contributed by atoms with van der Waals surface area (Å²) in [5.74, 6) is -2.83. The number of carboxylic acids is 1. The molecule has 4 rings (SSSR count). The molecular weight excluding hydrogens is 568 g/mol. The average molecular weight is 607 g/mol. The van der Waals surface area contributed by atoms with E-state index in [9.17, 15) is 24.3 Å². The predicted molar refractivity (Wildman–Crippen MR) is 169 cm³/mol. The van der Waals surface area contributed by atoms with E-state index >= 15 is 0 Å². The molecule has 4 aromatic rings. The van der Waals surface area contributed by atoms with Gasteiger partial charge >= 0.3 is 5.97 Å². The normalized spacial score (nSPS) is 14.3. The first-order valence-corrected chi connectivity index (χ1v) is 14.8. The molecule has 0 spiro atoms. The Morgan fingerprint density at radius 1 is 0.767 bits per heavy atom. The number of nitrogens with one attached hydrogen (secondary N) is 5. The molecule has 43 heavy (non-hydrogen) atoms. The number of rotatable bonds is 14. The summed E-state index contributed by atoms with van der Waals surface area (Å²) in [7, 11) is 0. The molecule has 228 valence electrons. The Bertz CT molecular complexity index is 1600. The molecule has 3 amide bonds. The van der Waals surface area contributed by atoms with Gasteiger partial charge in [-0.15, -0.1) is 0 Å². The smallest absolute Gasteiger partial charge is 0.326 e. The largest absolute Gasteiger partial charge is 0.480 e. The lowest BCUT2D eigenvalue weighted by Crippen LogP contribution is -2.58. The van der Waals surface area contributed by atoms with E-state index in [-0.39, 0.29) is 24.5 Å². The minimum atomic E-state index is -1.26. The average Bonchev–Trinajstić information content (AvgIpc) is 3.59. The van der Waals surface area contributed by atoms with Crippen LogP contribution in [0.3, 0.4) is 0 Å². The van der Waals surface area contributed by atoms with Crippen molar-refractivity contribution in [2.24, 2.45) is 11.7 Å². The van der Waals surface area contributed by atoms with Crippen molar-refractivity contribution in [3.05, 3.63) is 72.1 Å². The zero-order valence-electron chi connectivity index (χ0n) is 24.1. The summed E-state index contributed by atoms with van der Waals surface area (Å²) in [6.07, 6.45) is 3.91. The molecule has 0 radical (unpaired) electrons. The van der Waals surface area contributed by atoms with Crippen LogP contribution >= 0.6 is 12.6 Å². The Balaban J connectivity index is 1.59. The standard InChI is InChI=1S/C31H38N6O5S/c1-17(2)11-25(35-28(38)22(32)16-43)29(39)36-26(12-18-14-33-23-9-5-3-7-20(18)23)30(40)37-27(31(41)42)13-19-15-34-24-10-6-4-8-21(19)24/h3-10,14-15,17,22,25-27,33-34,43H,11-13,16,32H2,1-2H3,(H,35,38)(H,36,39)(H,37,40)(H,41,42). The molecule has 0 fully saturated rings. The quantitative estimate of drug-likeness (QED) is 0.102. The van der Waals surface area contributed by atoms with Gasteiger partial charge in [-0.3, -0.25) is 14.4 Å². The summed E-state index contributed by atoms with van der Waals surface area (Å²) in [6.45, 7) is 3.81. The third kappa shape index (κ3) is 7.96. The topological polar surface area (TPSA) is 182 Å². The lowest BCUT2D eigenvalue weighted by Gasteiger charge is -2.26. The highest BCUT2D eigenvalue weighted by atomic mass is 32.1. The number of aromatic amines is 2. The van der Waals surface area contributed by atoms with Crippen molar-refractivity contribution < 1.29 is 24.3 Å². The number of aromatic nitrogens is 2. The maximum Gasteiger partial charge on any atom is 0.326 e. The van der Waals surface area contributed by atoms with Crippen molar-refractivity contribution >= 4 is 58.1 Å². The number of thiol groups is 1. The van der Waals surface area contributed by atoms with Crippen LogP contribution in [-0.2, 0) is 32.0 Å². The third-order valence-corrected chi connectivity index (χ3v) is 7.71.